The molecule has 2 nitrogen and oxygen atoms in total. The molecule has 108 valence electrons. The normalized spacial score (nSPS) is 11.8. The van der Waals surface area contributed by atoms with Crippen molar-refractivity contribution in [3.05, 3.63) is 66.0 Å². The summed E-state index contributed by atoms with van der Waals surface area (Å²) < 4.78 is 0. The Morgan fingerprint density at radius 1 is 1.10 bits per heavy atom. The Morgan fingerprint density at radius 2 is 1.86 bits per heavy atom. The van der Waals surface area contributed by atoms with Crippen LogP contribution in [0.5, 0.6) is 0 Å². The largest absolute Gasteiger partial charge is 0.284 e. The van der Waals surface area contributed by atoms with Gasteiger partial charge in [-0.15, -0.1) is 0 Å². The average molecular weight is 278 g/mol. The fraction of sp³-hybridized carbons (Fsp3) is 0.316. The maximum absolute atomic E-state index is 4.41. The van der Waals surface area contributed by atoms with Crippen molar-refractivity contribution in [1.29, 1.82) is 0 Å². The lowest BCUT2D eigenvalue weighted by molar-refractivity contribution is 0.218. The highest BCUT2D eigenvalue weighted by Gasteiger charge is 2.11. The molecule has 1 atom stereocenters. The second-order valence-corrected chi connectivity index (χ2v) is 5.15. The van der Waals surface area contributed by atoms with Crippen LogP contribution in [0.25, 0.3) is 0 Å². The first-order valence-electron chi connectivity index (χ1n) is 7.47. The Morgan fingerprint density at radius 3 is 2.52 bits per heavy atom. The van der Waals surface area contributed by atoms with E-state index < -0.39 is 0 Å². The predicted molar refractivity (Wildman–Crippen MR) is 87.7 cm³/mol. The van der Waals surface area contributed by atoms with Crippen molar-refractivity contribution in [3.63, 3.8) is 0 Å². The lowest BCUT2D eigenvalue weighted by atomic mass is 10.2. The number of nitrogens with zero attached hydrogens (tertiary/aromatic N) is 2. The Hall–Kier alpha value is -2.11. The van der Waals surface area contributed by atoms with E-state index in [1.807, 2.05) is 48.7 Å². The predicted octanol–water partition coefficient (Wildman–Crippen LogP) is 3.73. The molecule has 1 aromatic carbocycles. The number of rotatable bonds is 5. The first-order chi connectivity index (χ1) is 10.3. The molecule has 1 heterocycles. The summed E-state index contributed by atoms with van der Waals surface area (Å²) in [7, 11) is 0. The monoisotopic (exact) mass is 278 g/mol. The minimum Gasteiger partial charge on any atom is -0.284 e. The fourth-order valence-corrected chi connectivity index (χ4v) is 2.09. The summed E-state index contributed by atoms with van der Waals surface area (Å²) in [4.78, 5) is 6.78. The van der Waals surface area contributed by atoms with E-state index in [4.69, 9.17) is 0 Å². The maximum Gasteiger partial charge on any atom is 0.0611 e. The van der Waals surface area contributed by atoms with Crippen molar-refractivity contribution in [3.8, 4) is 11.8 Å². The number of aromatic nitrogens is 1. The summed E-state index contributed by atoms with van der Waals surface area (Å²) in [5.74, 6) is 6.51. The van der Waals surface area contributed by atoms with E-state index in [2.05, 4.69) is 41.6 Å². The van der Waals surface area contributed by atoms with Crippen LogP contribution in [0.15, 0.2) is 54.7 Å². The summed E-state index contributed by atoms with van der Waals surface area (Å²) in [5.41, 5.74) is 2.17. The van der Waals surface area contributed by atoms with Crippen LogP contribution in [0.1, 0.15) is 31.5 Å². The van der Waals surface area contributed by atoms with E-state index in [0.29, 0.717) is 6.04 Å². The standard InChI is InChI=1S/C19H22N2/c1-3-17(2)21(16-19-13-7-8-14-20-19)15-9-12-18-10-5-4-6-11-18/h4-8,10-11,13-14,17H,3,15-16H2,1-2H3/t17-/m0/s1. The molecule has 0 amide bonds. The molecule has 0 unspecified atom stereocenters. The van der Waals surface area contributed by atoms with Crippen LogP contribution in [0.4, 0.5) is 0 Å². The minimum absolute atomic E-state index is 0.497. The lowest BCUT2D eigenvalue weighted by Gasteiger charge is -2.25. The van der Waals surface area contributed by atoms with Crippen LogP contribution in [0, 0.1) is 11.8 Å². The molecule has 0 radical (unpaired) electrons. The van der Waals surface area contributed by atoms with Crippen LogP contribution in [0.3, 0.4) is 0 Å². The van der Waals surface area contributed by atoms with E-state index in [0.717, 1.165) is 30.8 Å². The molecule has 1 aromatic heterocycles. The second kappa shape index (κ2) is 8.24. The second-order valence-electron chi connectivity index (χ2n) is 5.15. The number of hydrogen-bond acceptors (Lipinski definition) is 2. The molecule has 0 saturated heterocycles. The first kappa shape index (κ1) is 15.3. The van der Waals surface area contributed by atoms with Crippen LogP contribution >= 0.6 is 0 Å². The van der Waals surface area contributed by atoms with Gasteiger partial charge < -0.3 is 0 Å². The van der Waals surface area contributed by atoms with Gasteiger partial charge in [0.15, 0.2) is 0 Å². The van der Waals surface area contributed by atoms with Gasteiger partial charge in [-0.1, -0.05) is 43.0 Å². The highest BCUT2D eigenvalue weighted by molar-refractivity contribution is 5.33. The molecule has 0 aliphatic heterocycles. The third-order valence-corrected chi connectivity index (χ3v) is 3.59. The molecule has 2 heteroatoms. The van der Waals surface area contributed by atoms with Crippen LogP contribution in [-0.4, -0.2) is 22.5 Å². The third-order valence-electron chi connectivity index (χ3n) is 3.59. The highest BCUT2D eigenvalue weighted by atomic mass is 15.1. The van der Waals surface area contributed by atoms with E-state index in [9.17, 15) is 0 Å². The summed E-state index contributed by atoms with van der Waals surface area (Å²) in [5, 5.41) is 0. The summed E-state index contributed by atoms with van der Waals surface area (Å²) in [6, 6.07) is 16.7. The molecule has 2 aromatic rings. The van der Waals surface area contributed by atoms with E-state index >= 15 is 0 Å². The van der Waals surface area contributed by atoms with Crippen molar-refractivity contribution in [2.45, 2.75) is 32.9 Å². The van der Waals surface area contributed by atoms with Gasteiger partial charge in [0.05, 0.1) is 12.2 Å². The molecule has 0 aliphatic carbocycles. The van der Waals surface area contributed by atoms with Crippen molar-refractivity contribution in [2.24, 2.45) is 0 Å². The Bertz CT molecular complexity index is 581. The molecule has 0 spiro atoms. The zero-order valence-corrected chi connectivity index (χ0v) is 12.8. The molecular formula is C19H22N2. The Kier molecular flexibility index (Phi) is 5.99. The molecule has 21 heavy (non-hydrogen) atoms. The van der Waals surface area contributed by atoms with Gasteiger partial charge in [0.2, 0.25) is 0 Å². The smallest absolute Gasteiger partial charge is 0.0611 e. The third kappa shape index (κ3) is 5.06. The quantitative estimate of drug-likeness (QED) is 0.775. The number of hydrogen-bond donors (Lipinski definition) is 0. The van der Waals surface area contributed by atoms with Gasteiger partial charge in [0, 0.05) is 24.3 Å². The van der Waals surface area contributed by atoms with E-state index in [1.165, 1.54) is 0 Å². The molecular weight excluding hydrogens is 256 g/mol. The summed E-state index contributed by atoms with van der Waals surface area (Å²) >= 11 is 0. The van der Waals surface area contributed by atoms with Gasteiger partial charge >= 0.3 is 0 Å². The van der Waals surface area contributed by atoms with E-state index in [1.54, 1.807) is 0 Å². The minimum atomic E-state index is 0.497. The van der Waals surface area contributed by atoms with Crippen molar-refractivity contribution in [2.75, 3.05) is 6.54 Å². The molecule has 0 fully saturated rings. The van der Waals surface area contributed by atoms with Crippen molar-refractivity contribution >= 4 is 0 Å². The lowest BCUT2D eigenvalue weighted by Crippen LogP contribution is -2.32. The van der Waals surface area contributed by atoms with Gasteiger partial charge in [-0.3, -0.25) is 9.88 Å². The zero-order valence-electron chi connectivity index (χ0n) is 12.8. The Balaban J connectivity index is 2.02. The average Bonchev–Trinajstić information content (AvgIpc) is 2.55. The van der Waals surface area contributed by atoms with Crippen molar-refractivity contribution in [1.82, 2.24) is 9.88 Å². The van der Waals surface area contributed by atoms with Gasteiger partial charge in [-0.05, 0) is 37.6 Å². The summed E-state index contributed by atoms with van der Waals surface area (Å²) in [6.07, 6.45) is 2.96. The van der Waals surface area contributed by atoms with Gasteiger partial charge in [-0.2, -0.15) is 0 Å². The molecule has 0 aliphatic rings. The molecule has 2 rings (SSSR count). The van der Waals surface area contributed by atoms with Gasteiger partial charge in [0.1, 0.15) is 0 Å². The maximum atomic E-state index is 4.41. The SMILES string of the molecule is CC[C@H](C)N(CC#Cc1ccccc1)Cc1ccccn1. The molecule has 0 N–H and O–H groups in total. The molecule has 0 saturated carbocycles. The van der Waals surface area contributed by atoms with Crippen LogP contribution in [-0.2, 0) is 6.54 Å². The number of benzene rings is 1. The van der Waals surface area contributed by atoms with Crippen LogP contribution < -0.4 is 0 Å². The zero-order chi connectivity index (χ0) is 14.9. The van der Waals surface area contributed by atoms with Gasteiger partial charge in [-0.25, -0.2) is 0 Å². The topological polar surface area (TPSA) is 16.1 Å². The first-order valence-corrected chi connectivity index (χ1v) is 7.47. The Labute approximate surface area is 127 Å². The molecule has 0 bridgehead atoms. The fourth-order valence-electron chi connectivity index (χ4n) is 2.09. The number of pyridine rings is 1. The van der Waals surface area contributed by atoms with Crippen molar-refractivity contribution < 1.29 is 0 Å². The van der Waals surface area contributed by atoms with E-state index in [-0.39, 0.29) is 0 Å². The van der Waals surface area contributed by atoms with Gasteiger partial charge in [0.25, 0.3) is 0 Å². The summed E-state index contributed by atoms with van der Waals surface area (Å²) in [6.45, 7) is 6.06. The van der Waals surface area contributed by atoms with Crippen LogP contribution in [0.2, 0.25) is 0 Å². The highest BCUT2D eigenvalue weighted by Crippen LogP contribution is 2.08.